The maximum Gasteiger partial charge on any atom is 0.460 e. The molecule has 0 saturated carbocycles. The summed E-state index contributed by atoms with van der Waals surface area (Å²) in [6, 6.07) is -6.27. The molecule has 0 aliphatic carbocycles. The Kier molecular flexibility index (Phi) is 4.99. The van der Waals surface area contributed by atoms with Gasteiger partial charge >= 0.3 is 35.9 Å². The third-order valence-electron chi connectivity index (χ3n) is 3.27. The molecule has 0 saturated heterocycles. The molecule has 0 unspecified atom stereocenters. The topological polar surface area (TPSA) is 6.48 Å². The van der Waals surface area contributed by atoms with Crippen LogP contribution in [0.4, 0.5) is 57.1 Å². The Morgan fingerprint density at radius 3 is 1.42 bits per heavy atom. The molecule has 0 fully saturated rings. The highest BCUT2D eigenvalue weighted by Gasteiger charge is 2.91. The lowest BCUT2D eigenvalue weighted by atomic mass is 9.96. The number of rotatable bonds is 6. The SMILES string of the molecule is C=CN1C=CN(C(F)(F)C(F)(F)C(F)(F)C(F)(F)C(F)(F)C(F)(F)F)C1. The summed E-state index contributed by atoms with van der Waals surface area (Å²) >= 11 is 0. The molecular formula is C11H7F13N2. The summed E-state index contributed by atoms with van der Waals surface area (Å²) in [4.78, 5) is -0.380. The number of alkyl halides is 13. The fraction of sp³-hybridized carbons (Fsp3) is 0.636. The summed E-state index contributed by atoms with van der Waals surface area (Å²) in [6.45, 7) is 1.65. The van der Waals surface area contributed by atoms with Crippen LogP contribution < -0.4 is 0 Å². The number of hydrogen-bond acceptors (Lipinski definition) is 2. The van der Waals surface area contributed by atoms with Crippen molar-refractivity contribution in [3.05, 3.63) is 25.2 Å². The first-order valence-corrected chi connectivity index (χ1v) is 6.08. The van der Waals surface area contributed by atoms with E-state index in [0.29, 0.717) is 11.1 Å². The Bertz CT molecular complexity index is 577. The minimum absolute atomic E-state index is 0.00567. The van der Waals surface area contributed by atoms with E-state index < -0.39 is 47.5 Å². The van der Waals surface area contributed by atoms with E-state index in [1.807, 2.05) is 0 Å². The molecule has 0 N–H and O–H groups in total. The third kappa shape index (κ3) is 2.74. The standard InChI is InChI=1S/C11H7F13N2/c1-2-25-3-4-26(5-25)11(23,24)9(18,19)7(14,15)6(12,13)8(16,17)10(20,21)22/h2-4H,1,5H2. The molecule has 0 amide bonds. The van der Waals surface area contributed by atoms with Crippen molar-refractivity contribution >= 4 is 0 Å². The first-order valence-electron chi connectivity index (χ1n) is 6.08. The molecule has 152 valence electrons. The lowest BCUT2D eigenvalue weighted by Crippen LogP contribution is -2.72. The van der Waals surface area contributed by atoms with E-state index in [9.17, 15) is 57.1 Å². The maximum absolute atomic E-state index is 13.7. The zero-order valence-electron chi connectivity index (χ0n) is 12.0. The van der Waals surface area contributed by atoms with E-state index >= 15 is 0 Å². The molecule has 0 atom stereocenters. The zero-order valence-corrected chi connectivity index (χ0v) is 12.0. The van der Waals surface area contributed by atoms with Gasteiger partial charge in [-0.05, 0) is 6.20 Å². The smallest absolute Gasteiger partial charge is 0.335 e. The first kappa shape index (κ1) is 22.2. The van der Waals surface area contributed by atoms with Crippen molar-refractivity contribution in [2.24, 2.45) is 0 Å². The molecular weight excluding hydrogens is 407 g/mol. The molecule has 1 aliphatic heterocycles. The number of nitrogens with zero attached hydrogens (tertiary/aromatic N) is 2. The second kappa shape index (κ2) is 5.84. The Balaban J connectivity index is 3.40. The van der Waals surface area contributed by atoms with Crippen LogP contribution in [0.25, 0.3) is 0 Å². The lowest BCUT2D eigenvalue weighted by Gasteiger charge is -2.41. The minimum Gasteiger partial charge on any atom is -0.335 e. The quantitative estimate of drug-likeness (QED) is 0.452. The molecule has 2 nitrogen and oxygen atoms in total. The summed E-state index contributed by atoms with van der Waals surface area (Å²) in [5.74, 6) is -30.7. The van der Waals surface area contributed by atoms with Crippen LogP contribution >= 0.6 is 0 Å². The fourth-order valence-electron chi connectivity index (χ4n) is 1.68. The van der Waals surface area contributed by atoms with Crippen LogP contribution in [0.1, 0.15) is 0 Å². The van der Waals surface area contributed by atoms with Crippen LogP contribution in [0, 0.1) is 0 Å². The summed E-state index contributed by atoms with van der Waals surface area (Å²) in [5, 5.41) is 0. The maximum atomic E-state index is 13.7. The molecule has 0 aromatic heterocycles. The normalized spacial score (nSPS) is 17.9. The summed E-state index contributed by atoms with van der Waals surface area (Å²) in [7, 11) is 0. The largest absolute Gasteiger partial charge is 0.460 e. The van der Waals surface area contributed by atoms with E-state index in [2.05, 4.69) is 6.58 Å². The molecule has 1 rings (SSSR count). The molecule has 15 heteroatoms. The molecule has 0 aromatic carbocycles. The van der Waals surface area contributed by atoms with Gasteiger partial charge in [0.25, 0.3) is 0 Å². The van der Waals surface area contributed by atoms with Crippen molar-refractivity contribution in [1.29, 1.82) is 0 Å². The van der Waals surface area contributed by atoms with Gasteiger partial charge in [-0.3, -0.25) is 4.90 Å². The van der Waals surface area contributed by atoms with Crippen molar-refractivity contribution in [1.82, 2.24) is 9.80 Å². The lowest BCUT2D eigenvalue weighted by molar-refractivity contribution is -0.449. The van der Waals surface area contributed by atoms with Crippen LogP contribution in [0.2, 0.25) is 0 Å². The Hall–Kier alpha value is -1.83. The van der Waals surface area contributed by atoms with E-state index in [-0.39, 0.29) is 6.20 Å². The van der Waals surface area contributed by atoms with Gasteiger partial charge in [0.1, 0.15) is 0 Å². The predicted octanol–water partition coefficient (Wildman–Crippen LogP) is 4.87. The van der Waals surface area contributed by atoms with Crippen molar-refractivity contribution < 1.29 is 57.1 Å². The van der Waals surface area contributed by atoms with E-state index in [1.165, 1.54) is 0 Å². The van der Waals surface area contributed by atoms with Gasteiger partial charge in [-0.15, -0.1) is 0 Å². The number of halogens is 13. The Labute approximate surface area is 136 Å². The predicted molar refractivity (Wildman–Crippen MR) is 58.7 cm³/mol. The molecule has 1 aliphatic rings. The van der Waals surface area contributed by atoms with Gasteiger partial charge < -0.3 is 4.90 Å². The van der Waals surface area contributed by atoms with Gasteiger partial charge in [0, 0.05) is 12.4 Å². The van der Waals surface area contributed by atoms with Crippen molar-refractivity contribution in [2.45, 2.75) is 35.9 Å². The highest BCUT2D eigenvalue weighted by atomic mass is 19.4. The van der Waals surface area contributed by atoms with E-state index in [4.69, 9.17) is 0 Å². The second-order valence-corrected chi connectivity index (χ2v) is 4.94. The molecule has 1 heterocycles. The average Bonchev–Trinajstić information content (AvgIpc) is 2.94. The van der Waals surface area contributed by atoms with Crippen molar-refractivity contribution in [3.63, 3.8) is 0 Å². The highest BCUT2D eigenvalue weighted by molar-refractivity contribution is 5.12. The van der Waals surface area contributed by atoms with Crippen LogP contribution in [-0.2, 0) is 0 Å². The van der Waals surface area contributed by atoms with Gasteiger partial charge in [-0.2, -0.15) is 57.1 Å². The summed E-state index contributed by atoms with van der Waals surface area (Å²) < 4.78 is 168. The van der Waals surface area contributed by atoms with Crippen LogP contribution in [0.5, 0.6) is 0 Å². The van der Waals surface area contributed by atoms with Crippen molar-refractivity contribution in [2.75, 3.05) is 6.67 Å². The minimum atomic E-state index is -7.90. The van der Waals surface area contributed by atoms with Gasteiger partial charge in [0.15, 0.2) is 0 Å². The van der Waals surface area contributed by atoms with Gasteiger partial charge in [-0.1, -0.05) is 6.58 Å². The Morgan fingerprint density at radius 1 is 0.654 bits per heavy atom. The average molecular weight is 414 g/mol. The fourth-order valence-corrected chi connectivity index (χ4v) is 1.68. The third-order valence-corrected chi connectivity index (χ3v) is 3.27. The molecule has 0 spiro atoms. The molecule has 0 aromatic rings. The zero-order chi connectivity index (χ0) is 21.0. The van der Waals surface area contributed by atoms with Crippen LogP contribution in [0.3, 0.4) is 0 Å². The van der Waals surface area contributed by atoms with Gasteiger partial charge in [0.05, 0.1) is 6.67 Å². The Morgan fingerprint density at radius 2 is 1.08 bits per heavy atom. The first-order chi connectivity index (χ1) is 11.3. The summed E-state index contributed by atoms with van der Waals surface area (Å²) in [6.07, 6.45) is -6.14. The van der Waals surface area contributed by atoms with Crippen LogP contribution in [-0.4, -0.2) is 52.4 Å². The van der Waals surface area contributed by atoms with Crippen LogP contribution in [0.15, 0.2) is 25.2 Å². The van der Waals surface area contributed by atoms with Crippen molar-refractivity contribution in [3.8, 4) is 0 Å². The molecule has 0 radical (unpaired) electrons. The van der Waals surface area contributed by atoms with Gasteiger partial charge in [0.2, 0.25) is 0 Å². The second-order valence-electron chi connectivity index (χ2n) is 4.94. The van der Waals surface area contributed by atoms with E-state index in [1.54, 1.807) is 0 Å². The summed E-state index contributed by atoms with van der Waals surface area (Å²) in [5.41, 5.74) is 0. The number of hydrogen-bond donors (Lipinski definition) is 0. The highest BCUT2D eigenvalue weighted by Crippen LogP contribution is 2.60. The molecule has 26 heavy (non-hydrogen) atoms. The van der Waals surface area contributed by atoms with E-state index in [0.717, 1.165) is 6.20 Å². The monoisotopic (exact) mass is 414 g/mol. The van der Waals surface area contributed by atoms with Gasteiger partial charge in [-0.25, -0.2) is 0 Å². The molecule has 0 bridgehead atoms.